The van der Waals surface area contributed by atoms with Crippen molar-refractivity contribution in [1.82, 2.24) is 0 Å². The number of para-hydroxylation sites is 1. The van der Waals surface area contributed by atoms with Gasteiger partial charge in [0.25, 0.3) is 0 Å². The first-order valence-corrected chi connectivity index (χ1v) is 11.0. The van der Waals surface area contributed by atoms with Crippen molar-refractivity contribution < 1.29 is 19.0 Å². The fourth-order valence-corrected chi connectivity index (χ4v) is 3.44. The molecule has 0 radical (unpaired) electrons. The average Bonchev–Trinajstić information content (AvgIpc) is 2.70. The van der Waals surface area contributed by atoms with Gasteiger partial charge in [-0.15, -0.1) is 0 Å². The highest BCUT2D eigenvalue weighted by Crippen LogP contribution is 2.36. The van der Waals surface area contributed by atoms with Crippen LogP contribution in [0.2, 0.25) is 0 Å². The van der Waals surface area contributed by atoms with Crippen LogP contribution in [0, 0.1) is 11.3 Å². The van der Waals surface area contributed by atoms with Gasteiger partial charge in [-0.2, -0.15) is 0 Å². The van der Waals surface area contributed by atoms with Crippen LogP contribution in [-0.2, 0) is 9.47 Å². The topological polar surface area (TPSA) is 56.8 Å². The molecule has 0 bridgehead atoms. The number of nitrogens with one attached hydrogen (secondary N) is 1. The maximum absolute atomic E-state index is 11.7. The van der Waals surface area contributed by atoms with E-state index in [2.05, 4.69) is 52.1 Å². The SMILES string of the molecule is CC(OCCOC(=O)Nc1ccccc1)Oc1ccc(C(CC(C)(C)C)C(C)C)cc1. The molecule has 1 N–H and O–H groups in total. The molecule has 0 aliphatic heterocycles. The minimum atomic E-state index is -0.506. The van der Waals surface area contributed by atoms with E-state index in [1.54, 1.807) is 12.1 Å². The van der Waals surface area contributed by atoms with Crippen LogP contribution in [0.15, 0.2) is 54.6 Å². The molecule has 2 atom stereocenters. The van der Waals surface area contributed by atoms with E-state index in [4.69, 9.17) is 14.2 Å². The lowest BCUT2D eigenvalue weighted by molar-refractivity contribution is -0.0765. The second kappa shape index (κ2) is 11.8. The zero-order valence-electron chi connectivity index (χ0n) is 19.7. The number of rotatable bonds is 10. The van der Waals surface area contributed by atoms with E-state index in [1.165, 1.54) is 5.56 Å². The molecule has 0 aliphatic rings. The van der Waals surface area contributed by atoms with Crippen LogP contribution in [0.1, 0.15) is 59.4 Å². The van der Waals surface area contributed by atoms with Gasteiger partial charge in [0.15, 0.2) is 6.29 Å². The maximum atomic E-state index is 11.7. The molecule has 0 aliphatic carbocycles. The quantitative estimate of drug-likeness (QED) is 0.333. The van der Waals surface area contributed by atoms with E-state index in [0.29, 0.717) is 17.5 Å². The molecular weight excluding hydrogens is 390 g/mol. The molecule has 1 amide bonds. The Bertz CT molecular complexity index is 781. The first-order valence-electron chi connectivity index (χ1n) is 11.0. The van der Waals surface area contributed by atoms with Crippen molar-refractivity contribution in [2.75, 3.05) is 18.5 Å². The summed E-state index contributed by atoms with van der Waals surface area (Å²) in [6.45, 7) is 13.6. The van der Waals surface area contributed by atoms with Crippen LogP contribution in [0.3, 0.4) is 0 Å². The summed E-state index contributed by atoms with van der Waals surface area (Å²) in [4.78, 5) is 11.7. The molecule has 0 saturated heterocycles. The molecule has 5 nitrogen and oxygen atoms in total. The van der Waals surface area contributed by atoms with Gasteiger partial charge < -0.3 is 14.2 Å². The van der Waals surface area contributed by atoms with Gasteiger partial charge in [0.1, 0.15) is 12.4 Å². The number of carbonyl (C=O) groups is 1. The molecule has 0 fully saturated rings. The fraction of sp³-hybridized carbons (Fsp3) is 0.500. The maximum Gasteiger partial charge on any atom is 0.411 e. The smallest absolute Gasteiger partial charge is 0.411 e. The second-order valence-electron chi connectivity index (χ2n) is 9.37. The van der Waals surface area contributed by atoms with Crippen molar-refractivity contribution in [1.29, 1.82) is 0 Å². The number of anilines is 1. The Morgan fingerprint density at radius 1 is 0.935 bits per heavy atom. The lowest BCUT2D eigenvalue weighted by Gasteiger charge is -2.29. The van der Waals surface area contributed by atoms with Crippen LogP contribution >= 0.6 is 0 Å². The highest BCUT2D eigenvalue weighted by Gasteiger charge is 2.23. The molecule has 5 heteroatoms. The van der Waals surface area contributed by atoms with E-state index in [1.807, 2.05) is 37.3 Å². The monoisotopic (exact) mass is 427 g/mol. The van der Waals surface area contributed by atoms with Crippen molar-refractivity contribution in [3.63, 3.8) is 0 Å². The van der Waals surface area contributed by atoms with Gasteiger partial charge >= 0.3 is 6.09 Å². The average molecular weight is 428 g/mol. The van der Waals surface area contributed by atoms with E-state index in [9.17, 15) is 4.79 Å². The van der Waals surface area contributed by atoms with E-state index >= 15 is 0 Å². The van der Waals surface area contributed by atoms with Gasteiger partial charge in [-0.25, -0.2) is 4.79 Å². The number of benzene rings is 2. The third kappa shape index (κ3) is 9.43. The number of hydrogen-bond acceptors (Lipinski definition) is 4. The molecule has 170 valence electrons. The molecular formula is C26H37NO4. The minimum absolute atomic E-state index is 0.147. The summed E-state index contributed by atoms with van der Waals surface area (Å²) in [7, 11) is 0. The Hall–Kier alpha value is -2.53. The predicted molar refractivity (Wildman–Crippen MR) is 126 cm³/mol. The highest BCUT2D eigenvalue weighted by molar-refractivity contribution is 5.84. The Balaban J connectivity index is 1.74. The van der Waals surface area contributed by atoms with Crippen LogP contribution in [0.4, 0.5) is 10.5 Å². The van der Waals surface area contributed by atoms with Gasteiger partial charge in [0, 0.05) is 5.69 Å². The molecule has 2 rings (SSSR count). The van der Waals surface area contributed by atoms with Crippen molar-refractivity contribution >= 4 is 11.8 Å². The van der Waals surface area contributed by atoms with E-state index < -0.39 is 12.4 Å². The fourth-order valence-electron chi connectivity index (χ4n) is 3.44. The van der Waals surface area contributed by atoms with Gasteiger partial charge in [-0.05, 0) is 60.4 Å². The summed E-state index contributed by atoms with van der Waals surface area (Å²) in [5.41, 5.74) is 2.31. The van der Waals surface area contributed by atoms with Crippen LogP contribution in [0.5, 0.6) is 5.75 Å². The predicted octanol–water partition coefficient (Wildman–Crippen LogP) is 6.85. The standard InChI is InChI=1S/C26H37NO4/c1-19(2)24(18-26(4,5)6)21-12-14-23(15-13-21)31-20(3)29-16-17-30-25(28)27-22-10-8-7-9-11-22/h7-15,19-20,24H,16-18H2,1-6H3,(H,27,28). The zero-order valence-corrected chi connectivity index (χ0v) is 19.7. The molecule has 2 unspecified atom stereocenters. The normalized spacial score (nSPS) is 13.5. The van der Waals surface area contributed by atoms with Crippen molar-refractivity contribution in [3.05, 3.63) is 60.2 Å². The number of amides is 1. The number of hydrogen-bond donors (Lipinski definition) is 1. The van der Waals surface area contributed by atoms with Crippen LogP contribution < -0.4 is 10.1 Å². The van der Waals surface area contributed by atoms with Crippen LogP contribution in [0.25, 0.3) is 0 Å². The van der Waals surface area contributed by atoms with Gasteiger partial charge in [0.2, 0.25) is 0 Å². The summed E-state index contributed by atoms with van der Waals surface area (Å²) < 4.78 is 16.6. The van der Waals surface area contributed by atoms with Gasteiger partial charge in [-0.3, -0.25) is 5.32 Å². The largest absolute Gasteiger partial charge is 0.465 e. The number of carbonyl (C=O) groups excluding carboxylic acids is 1. The summed E-state index contributed by atoms with van der Waals surface area (Å²) in [6.07, 6.45) is 0.193. The van der Waals surface area contributed by atoms with Crippen molar-refractivity contribution in [2.24, 2.45) is 11.3 Å². The Morgan fingerprint density at radius 3 is 2.16 bits per heavy atom. The van der Waals surface area contributed by atoms with Crippen LogP contribution in [-0.4, -0.2) is 25.6 Å². The molecule has 0 saturated carbocycles. The molecule has 0 aromatic heterocycles. The second-order valence-corrected chi connectivity index (χ2v) is 9.37. The molecule has 0 heterocycles. The number of ether oxygens (including phenoxy) is 3. The lowest BCUT2D eigenvalue weighted by atomic mass is 9.76. The zero-order chi connectivity index (χ0) is 22.9. The van der Waals surface area contributed by atoms with Gasteiger partial charge in [-0.1, -0.05) is 65.0 Å². The molecule has 2 aromatic carbocycles. The Kier molecular flexibility index (Phi) is 9.38. The summed E-state index contributed by atoms with van der Waals surface area (Å²) in [6, 6.07) is 17.5. The third-order valence-electron chi connectivity index (χ3n) is 4.94. The van der Waals surface area contributed by atoms with E-state index in [-0.39, 0.29) is 18.6 Å². The summed E-state index contributed by atoms with van der Waals surface area (Å²) in [5.74, 6) is 1.85. The molecule has 0 spiro atoms. The first-order chi connectivity index (χ1) is 14.6. The lowest BCUT2D eigenvalue weighted by Crippen LogP contribution is -2.21. The van der Waals surface area contributed by atoms with Gasteiger partial charge in [0.05, 0.1) is 6.61 Å². The van der Waals surface area contributed by atoms with E-state index in [0.717, 1.165) is 12.2 Å². The molecule has 31 heavy (non-hydrogen) atoms. The minimum Gasteiger partial charge on any atom is -0.465 e. The third-order valence-corrected chi connectivity index (χ3v) is 4.94. The summed E-state index contributed by atoms with van der Waals surface area (Å²) in [5, 5.41) is 2.66. The highest BCUT2D eigenvalue weighted by atomic mass is 16.7. The Morgan fingerprint density at radius 2 is 1.58 bits per heavy atom. The van der Waals surface area contributed by atoms with Crippen molar-refractivity contribution in [3.8, 4) is 5.75 Å². The summed E-state index contributed by atoms with van der Waals surface area (Å²) >= 11 is 0. The molecule has 2 aromatic rings. The van der Waals surface area contributed by atoms with Crippen molar-refractivity contribution in [2.45, 2.75) is 60.2 Å². The Labute approximate surface area is 187 Å². The first kappa shape index (κ1) is 24.7.